The summed E-state index contributed by atoms with van der Waals surface area (Å²) in [5.74, 6) is 0.251. The van der Waals surface area contributed by atoms with E-state index in [1.165, 1.54) is 5.56 Å². The first-order valence-electron chi connectivity index (χ1n) is 6.72. The highest BCUT2D eigenvalue weighted by atomic mass is 16.2. The van der Waals surface area contributed by atoms with Gasteiger partial charge in [-0.05, 0) is 12.0 Å². The van der Waals surface area contributed by atoms with Crippen molar-refractivity contribution in [3.8, 4) is 0 Å². The molecule has 0 N–H and O–H groups in total. The highest BCUT2D eigenvalue weighted by Gasteiger charge is 2.27. The van der Waals surface area contributed by atoms with Crippen LogP contribution in [0.3, 0.4) is 0 Å². The average Bonchev–Trinajstić information content (AvgIpc) is 2.86. The fourth-order valence-corrected chi connectivity index (χ4v) is 2.57. The fourth-order valence-electron chi connectivity index (χ4n) is 2.57. The number of nitrogens with zero attached hydrogens (tertiary/aromatic N) is 2. The molecule has 1 aliphatic rings. The lowest BCUT2D eigenvalue weighted by molar-refractivity contribution is -0.131. The maximum atomic E-state index is 11.7. The second kappa shape index (κ2) is 6.01. The monoisotopic (exact) mass is 246 g/mol. The van der Waals surface area contributed by atoms with Crippen molar-refractivity contribution >= 4 is 5.91 Å². The summed E-state index contributed by atoms with van der Waals surface area (Å²) in [6.07, 6.45) is 1.70. The summed E-state index contributed by atoms with van der Waals surface area (Å²) in [5.41, 5.74) is 1.35. The minimum absolute atomic E-state index is 0.251. The number of carbonyl (C=O) groups excluding carboxylic acids is 1. The number of likely N-dealkylation sites (N-methyl/N-ethyl adjacent to an activating group) is 1. The van der Waals surface area contributed by atoms with Crippen molar-refractivity contribution in [2.75, 3.05) is 20.1 Å². The highest BCUT2D eigenvalue weighted by Crippen LogP contribution is 2.17. The Labute approximate surface area is 109 Å². The van der Waals surface area contributed by atoms with E-state index in [9.17, 15) is 4.79 Å². The Hall–Kier alpha value is -1.35. The third kappa shape index (κ3) is 3.10. The van der Waals surface area contributed by atoms with E-state index in [1.54, 1.807) is 0 Å². The van der Waals surface area contributed by atoms with E-state index >= 15 is 0 Å². The van der Waals surface area contributed by atoms with Crippen LogP contribution < -0.4 is 0 Å². The zero-order valence-electron chi connectivity index (χ0n) is 11.3. The van der Waals surface area contributed by atoms with Crippen LogP contribution in [0.4, 0.5) is 0 Å². The van der Waals surface area contributed by atoms with Crippen LogP contribution in [0.5, 0.6) is 0 Å². The van der Waals surface area contributed by atoms with Crippen LogP contribution in [0, 0.1) is 0 Å². The zero-order valence-corrected chi connectivity index (χ0v) is 11.3. The average molecular weight is 246 g/mol. The molecule has 2 rings (SSSR count). The highest BCUT2D eigenvalue weighted by molar-refractivity contribution is 5.75. The molecule has 1 fully saturated rings. The van der Waals surface area contributed by atoms with Crippen LogP contribution in [0.2, 0.25) is 0 Å². The second-order valence-corrected chi connectivity index (χ2v) is 5.02. The van der Waals surface area contributed by atoms with Gasteiger partial charge in [0.05, 0.1) is 0 Å². The Morgan fingerprint density at radius 3 is 2.78 bits per heavy atom. The van der Waals surface area contributed by atoms with E-state index in [2.05, 4.69) is 29.2 Å². The molecule has 1 heterocycles. The van der Waals surface area contributed by atoms with Gasteiger partial charge in [0.25, 0.3) is 0 Å². The predicted octanol–water partition coefficient (Wildman–Crippen LogP) is 2.13. The van der Waals surface area contributed by atoms with Crippen molar-refractivity contribution in [1.82, 2.24) is 9.80 Å². The molecule has 0 aromatic heterocycles. The van der Waals surface area contributed by atoms with Gasteiger partial charge in [0.1, 0.15) is 0 Å². The van der Waals surface area contributed by atoms with Gasteiger partial charge in [0, 0.05) is 39.1 Å². The van der Waals surface area contributed by atoms with Gasteiger partial charge in [-0.3, -0.25) is 9.69 Å². The topological polar surface area (TPSA) is 23.6 Å². The Morgan fingerprint density at radius 2 is 2.11 bits per heavy atom. The molecule has 1 saturated heterocycles. The Balaban J connectivity index is 1.87. The largest absolute Gasteiger partial charge is 0.341 e. The molecule has 0 radical (unpaired) electrons. The summed E-state index contributed by atoms with van der Waals surface area (Å²) in [6, 6.07) is 10.9. The lowest BCUT2D eigenvalue weighted by Crippen LogP contribution is -2.38. The molecular formula is C15H22N2O. The first-order chi connectivity index (χ1) is 8.70. The molecule has 1 amide bonds. The maximum Gasteiger partial charge on any atom is 0.222 e. The zero-order chi connectivity index (χ0) is 13.0. The van der Waals surface area contributed by atoms with Gasteiger partial charge in [-0.2, -0.15) is 0 Å². The fraction of sp³-hybridized carbons (Fsp3) is 0.533. The first-order valence-corrected chi connectivity index (χ1v) is 6.72. The number of rotatable bonds is 4. The molecule has 3 heteroatoms. The van der Waals surface area contributed by atoms with E-state index in [0.717, 1.165) is 26.1 Å². The van der Waals surface area contributed by atoms with Gasteiger partial charge >= 0.3 is 0 Å². The van der Waals surface area contributed by atoms with Crippen molar-refractivity contribution in [3.05, 3.63) is 35.9 Å². The Bertz CT molecular complexity index is 391. The molecule has 1 unspecified atom stereocenters. The summed E-state index contributed by atoms with van der Waals surface area (Å²) in [4.78, 5) is 16.0. The number of carbonyl (C=O) groups is 1. The molecule has 1 aromatic carbocycles. The summed E-state index contributed by atoms with van der Waals surface area (Å²) in [6.45, 7) is 5.00. The van der Waals surface area contributed by atoms with Gasteiger partial charge in [-0.15, -0.1) is 0 Å². The SMILES string of the molecule is CCC(=O)N(C)C1CCN(Cc2ccccc2)C1. The summed E-state index contributed by atoms with van der Waals surface area (Å²) < 4.78 is 0. The standard InChI is InChI=1S/C15H22N2O/c1-3-15(18)16(2)14-9-10-17(12-14)11-13-7-5-4-6-8-13/h4-8,14H,3,9-12H2,1-2H3. The van der Waals surface area contributed by atoms with Gasteiger partial charge in [-0.1, -0.05) is 37.3 Å². The third-order valence-electron chi connectivity index (χ3n) is 3.74. The van der Waals surface area contributed by atoms with E-state index in [0.29, 0.717) is 12.5 Å². The Morgan fingerprint density at radius 1 is 1.39 bits per heavy atom. The van der Waals surface area contributed by atoms with Crippen molar-refractivity contribution in [2.45, 2.75) is 32.4 Å². The van der Waals surface area contributed by atoms with E-state index in [1.807, 2.05) is 24.9 Å². The molecule has 18 heavy (non-hydrogen) atoms. The molecule has 0 saturated carbocycles. The van der Waals surface area contributed by atoms with Gasteiger partial charge in [0.15, 0.2) is 0 Å². The molecule has 1 aromatic rings. The molecule has 0 aliphatic carbocycles. The third-order valence-corrected chi connectivity index (χ3v) is 3.74. The number of hydrogen-bond acceptors (Lipinski definition) is 2. The quantitative estimate of drug-likeness (QED) is 0.812. The summed E-state index contributed by atoms with van der Waals surface area (Å²) >= 11 is 0. The normalized spacial score (nSPS) is 20.0. The van der Waals surface area contributed by atoms with Crippen molar-refractivity contribution in [1.29, 1.82) is 0 Å². The number of likely N-dealkylation sites (tertiary alicyclic amines) is 1. The lowest BCUT2D eigenvalue weighted by Gasteiger charge is -2.24. The van der Waals surface area contributed by atoms with E-state index in [-0.39, 0.29) is 5.91 Å². The van der Waals surface area contributed by atoms with E-state index < -0.39 is 0 Å². The van der Waals surface area contributed by atoms with Crippen LogP contribution in [-0.2, 0) is 11.3 Å². The molecular weight excluding hydrogens is 224 g/mol. The molecule has 98 valence electrons. The van der Waals surface area contributed by atoms with Crippen molar-refractivity contribution < 1.29 is 4.79 Å². The van der Waals surface area contributed by atoms with Crippen LogP contribution in [-0.4, -0.2) is 41.9 Å². The number of amides is 1. The van der Waals surface area contributed by atoms with Crippen LogP contribution in [0.15, 0.2) is 30.3 Å². The van der Waals surface area contributed by atoms with Crippen molar-refractivity contribution in [3.63, 3.8) is 0 Å². The van der Waals surface area contributed by atoms with Crippen molar-refractivity contribution in [2.24, 2.45) is 0 Å². The number of hydrogen-bond donors (Lipinski definition) is 0. The smallest absolute Gasteiger partial charge is 0.222 e. The van der Waals surface area contributed by atoms with Gasteiger partial charge in [0.2, 0.25) is 5.91 Å². The predicted molar refractivity (Wildman–Crippen MR) is 73.2 cm³/mol. The van der Waals surface area contributed by atoms with Gasteiger partial charge in [-0.25, -0.2) is 0 Å². The second-order valence-electron chi connectivity index (χ2n) is 5.02. The van der Waals surface area contributed by atoms with Crippen LogP contribution in [0.25, 0.3) is 0 Å². The lowest BCUT2D eigenvalue weighted by atomic mass is 10.2. The minimum atomic E-state index is 0.251. The van der Waals surface area contributed by atoms with Crippen LogP contribution in [0.1, 0.15) is 25.3 Å². The minimum Gasteiger partial charge on any atom is -0.341 e. The Kier molecular flexibility index (Phi) is 4.37. The molecule has 3 nitrogen and oxygen atoms in total. The summed E-state index contributed by atoms with van der Waals surface area (Å²) in [5, 5.41) is 0. The molecule has 0 spiro atoms. The first kappa shape index (κ1) is 13.1. The van der Waals surface area contributed by atoms with Crippen LogP contribution >= 0.6 is 0 Å². The van der Waals surface area contributed by atoms with Gasteiger partial charge < -0.3 is 4.90 Å². The molecule has 1 aliphatic heterocycles. The molecule has 1 atom stereocenters. The molecule has 0 bridgehead atoms. The van der Waals surface area contributed by atoms with E-state index in [4.69, 9.17) is 0 Å². The summed E-state index contributed by atoms with van der Waals surface area (Å²) in [7, 11) is 1.93. The number of benzene rings is 1. The maximum absolute atomic E-state index is 11.7.